The van der Waals surface area contributed by atoms with Crippen molar-refractivity contribution in [3.63, 3.8) is 0 Å². The van der Waals surface area contributed by atoms with Crippen LogP contribution in [0.2, 0.25) is 0 Å². The third kappa shape index (κ3) is 3.23. The van der Waals surface area contributed by atoms with E-state index in [4.69, 9.17) is 0 Å². The van der Waals surface area contributed by atoms with Crippen molar-refractivity contribution in [2.75, 3.05) is 11.9 Å². The van der Waals surface area contributed by atoms with E-state index in [0.717, 1.165) is 19.3 Å². The van der Waals surface area contributed by atoms with Crippen molar-refractivity contribution in [3.05, 3.63) is 30.1 Å². The summed E-state index contributed by atoms with van der Waals surface area (Å²) in [6.07, 6.45) is 2.93. The van der Waals surface area contributed by atoms with Gasteiger partial charge in [0.05, 0.1) is 0 Å². The number of hydrogen-bond donors (Lipinski definition) is 1. The summed E-state index contributed by atoms with van der Waals surface area (Å²) in [6.45, 7) is 7.26. The number of rotatable bonds is 1. The minimum atomic E-state index is -0.690. The van der Waals surface area contributed by atoms with Gasteiger partial charge in [0, 0.05) is 18.3 Å². The molecule has 1 aromatic rings. The van der Waals surface area contributed by atoms with Crippen LogP contribution < -0.4 is 5.32 Å². The first-order valence-corrected chi connectivity index (χ1v) is 8.05. The average Bonchev–Trinajstić information content (AvgIpc) is 2.67. The molecule has 2 aliphatic rings. The summed E-state index contributed by atoms with van der Waals surface area (Å²) in [4.78, 5) is 26.5. The first-order chi connectivity index (χ1) is 10.7. The average molecular weight is 318 g/mol. The summed E-state index contributed by atoms with van der Waals surface area (Å²) >= 11 is 0. The molecule has 1 aliphatic carbocycles. The number of amides is 2. The molecule has 2 unspecified atom stereocenters. The normalized spacial score (nSPS) is 28.5. The maximum absolute atomic E-state index is 13.2. The maximum Gasteiger partial charge on any atom is 0.313 e. The SMILES string of the molecule is CC1(C)CC2CC(C)(CN2C(=O)C(=O)Nc2cccc(F)c2)C1. The van der Waals surface area contributed by atoms with Crippen LogP contribution in [-0.2, 0) is 9.59 Å². The Kier molecular flexibility index (Phi) is 3.69. The van der Waals surface area contributed by atoms with E-state index in [0.29, 0.717) is 12.2 Å². The van der Waals surface area contributed by atoms with E-state index in [1.165, 1.54) is 18.2 Å². The molecule has 1 N–H and O–H groups in total. The van der Waals surface area contributed by atoms with Gasteiger partial charge >= 0.3 is 11.8 Å². The minimum Gasteiger partial charge on any atom is -0.331 e. The molecule has 0 spiro atoms. The number of halogens is 1. The van der Waals surface area contributed by atoms with E-state index in [9.17, 15) is 14.0 Å². The lowest BCUT2D eigenvalue weighted by Crippen LogP contribution is -2.43. The molecule has 2 amide bonds. The highest BCUT2D eigenvalue weighted by Crippen LogP contribution is 2.52. The Hall–Kier alpha value is -1.91. The molecule has 1 heterocycles. The number of nitrogens with zero attached hydrogens (tertiary/aromatic N) is 1. The van der Waals surface area contributed by atoms with E-state index in [-0.39, 0.29) is 16.9 Å². The van der Waals surface area contributed by atoms with Crippen LogP contribution in [0.15, 0.2) is 24.3 Å². The van der Waals surface area contributed by atoms with Crippen molar-refractivity contribution in [2.45, 2.75) is 46.1 Å². The zero-order valence-electron chi connectivity index (χ0n) is 13.9. The second kappa shape index (κ2) is 5.32. The van der Waals surface area contributed by atoms with Crippen molar-refractivity contribution >= 4 is 17.5 Å². The molecule has 23 heavy (non-hydrogen) atoms. The van der Waals surface area contributed by atoms with E-state index >= 15 is 0 Å². The van der Waals surface area contributed by atoms with Gasteiger partial charge in [0.1, 0.15) is 5.82 Å². The fourth-order valence-electron chi connectivity index (χ4n) is 4.58. The highest BCUT2D eigenvalue weighted by atomic mass is 19.1. The standard InChI is InChI=1S/C18H23FN2O2/c1-17(2)8-14-9-18(3,10-17)11-21(14)16(23)15(22)20-13-6-4-5-12(19)7-13/h4-7,14H,8-11H2,1-3H3,(H,20,22). The molecule has 0 aromatic heterocycles. The van der Waals surface area contributed by atoms with Gasteiger partial charge in [0.15, 0.2) is 0 Å². The van der Waals surface area contributed by atoms with Crippen LogP contribution >= 0.6 is 0 Å². The molecule has 1 saturated carbocycles. The van der Waals surface area contributed by atoms with Gasteiger partial charge in [-0.05, 0) is 48.3 Å². The number of likely N-dealkylation sites (tertiary alicyclic amines) is 1. The van der Waals surface area contributed by atoms with Crippen molar-refractivity contribution in [1.29, 1.82) is 0 Å². The molecule has 4 nitrogen and oxygen atoms in total. The molecule has 2 bridgehead atoms. The molecule has 1 aliphatic heterocycles. The largest absolute Gasteiger partial charge is 0.331 e. The fourth-order valence-corrected chi connectivity index (χ4v) is 4.58. The van der Waals surface area contributed by atoms with E-state index in [1.807, 2.05) is 0 Å². The van der Waals surface area contributed by atoms with Crippen LogP contribution in [-0.4, -0.2) is 29.3 Å². The van der Waals surface area contributed by atoms with Gasteiger partial charge in [-0.2, -0.15) is 0 Å². The smallest absolute Gasteiger partial charge is 0.313 e. The van der Waals surface area contributed by atoms with Crippen LogP contribution in [0.4, 0.5) is 10.1 Å². The quantitative estimate of drug-likeness (QED) is 0.809. The highest BCUT2D eigenvalue weighted by Gasteiger charge is 2.51. The molecule has 0 radical (unpaired) electrons. The molecule has 3 rings (SSSR count). The van der Waals surface area contributed by atoms with Gasteiger partial charge in [-0.25, -0.2) is 4.39 Å². The van der Waals surface area contributed by atoms with Crippen molar-refractivity contribution in [3.8, 4) is 0 Å². The summed E-state index contributed by atoms with van der Waals surface area (Å²) in [6, 6.07) is 5.69. The minimum absolute atomic E-state index is 0.0845. The summed E-state index contributed by atoms with van der Waals surface area (Å²) in [5, 5.41) is 2.50. The van der Waals surface area contributed by atoms with Crippen LogP contribution in [0.5, 0.6) is 0 Å². The van der Waals surface area contributed by atoms with Gasteiger partial charge in [0.25, 0.3) is 0 Å². The molecule has 1 saturated heterocycles. The number of anilines is 1. The predicted octanol–water partition coefficient (Wildman–Crippen LogP) is 3.19. The fraction of sp³-hybridized carbons (Fsp3) is 0.556. The Balaban J connectivity index is 1.72. The highest BCUT2D eigenvalue weighted by molar-refractivity contribution is 6.39. The first-order valence-electron chi connectivity index (χ1n) is 8.05. The summed E-state index contributed by atoms with van der Waals surface area (Å²) in [5.41, 5.74) is 0.574. The third-order valence-corrected chi connectivity index (χ3v) is 4.95. The van der Waals surface area contributed by atoms with E-state index in [1.54, 1.807) is 11.0 Å². The Bertz CT molecular complexity index is 658. The van der Waals surface area contributed by atoms with Crippen molar-refractivity contribution in [2.24, 2.45) is 10.8 Å². The van der Waals surface area contributed by atoms with Crippen molar-refractivity contribution < 1.29 is 14.0 Å². The van der Waals surface area contributed by atoms with Gasteiger partial charge < -0.3 is 10.2 Å². The number of carbonyl (C=O) groups excluding carboxylic acids is 2. The monoisotopic (exact) mass is 318 g/mol. The Morgan fingerprint density at radius 1 is 1.26 bits per heavy atom. The Morgan fingerprint density at radius 2 is 2.00 bits per heavy atom. The molecule has 124 valence electrons. The second-order valence-electron chi connectivity index (χ2n) is 8.11. The lowest BCUT2D eigenvalue weighted by Gasteiger charge is -2.39. The predicted molar refractivity (Wildman–Crippen MR) is 86.3 cm³/mol. The van der Waals surface area contributed by atoms with Gasteiger partial charge in [-0.15, -0.1) is 0 Å². The number of fused-ring (bicyclic) bond motifs is 2. The Morgan fingerprint density at radius 3 is 2.70 bits per heavy atom. The molecule has 2 fully saturated rings. The third-order valence-electron chi connectivity index (χ3n) is 4.95. The van der Waals surface area contributed by atoms with Crippen molar-refractivity contribution in [1.82, 2.24) is 4.90 Å². The molecule has 2 atom stereocenters. The topological polar surface area (TPSA) is 49.4 Å². The zero-order chi connectivity index (χ0) is 16.8. The summed E-state index contributed by atoms with van der Waals surface area (Å²) in [5.74, 6) is -1.65. The van der Waals surface area contributed by atoms with Gasteiger partial charge in [-0.3, -0.25) is 9.59 Å². The molecular weight excluding hydrogens is 295 g/mol. The van der Waals surface area contributed by atoms with E-state index in [2.05, 4.69) is 26.1 Å². The number of benzene rings is 1. The van der Waals surface area contributed by atoms with Crippen LogP contribution in [0.3, 0.4) is 0 Å². The molecule has 5 heteroatoms. The van der Waals surface area contributed by atoms with Crippen LogP contribution in [0.25, 0.3) is 0 Å². The second-order valence-corrected chi connectivity index (χ2v) is 8.11. The van der Waals surface area contributed by atoms with Gasteiger partial charge in [-0.1, -0.05) is 26.8 Å². The number of nitrogens with one attached hydrogen (secondary N) is 1. The first kappa shape index (κ1) is 16.0. The van der Waals surface area contributed by atoms with Crippen LogP contribution in [0.1, 0.15) is 40.0 Å². The lowest BCUT2D eigenvalue weighted by molar-refractivity contribution is -0.144. The lowest BCUT2D eigenvalue weighted by atomic mass is 9.65. The molecule has 1 aromatic carbocycles. The number of carbonyl (C=O) groups is 2. The van der Waals surface area contributed by atoms with Crippen LogP contribution in [0, 0.1) is 16.6 Å². The maximum atomic E-state index is 13.2. The Labute approximate surface area is 136 Å². The summed E-state index contributed by atoms with van der Waals surface area (Å²) in [7, 11) is 0. The van der Waals surface area contributed by atoms with Gasteiger partial charge in [0.2, 0.25) is 0 Å². The summed E-state index contributed by atoms with van der Waals surface area (Å²) < 4.78 is 13.2. The molecular formula is C18H23FN2O2. The zero-order valence-corrected chi connectivity index (χ0v) is 13.9. The number of hydrogen-bond acceptors (Lipinski definition) is 2. The van der Waals surface area contributed by atoms with E-state index < -0.39 is 17.6 Å².